The van der Waals surface area contributed by atoms with Crippen molar-refractivity contribution in [1.82, 2.24) is 14.5 Å². The van der Waals surface area contributed by atoms with Gasteiger partial charge in [0.1, 0.15) is 0 Å². The molecule has 1 amide bonds. The second kappa shape index (κ2) is 8.97. The molecule has 1 fully saturated rings. The van der Waals surface area contributed by atoms with Crippen molar-refractivity contribution in [1.29, 1.82) is 0 Å². The van der Waals surface area contributed by atoms with Crippen molar-refractivity contribution >= 4 is 15.9 Å². The molecule has 0 saturated carbocycles. The Hall–Kier alpha value is -1.44. The van der Waals surface area contributed by atoms with Gasteiger partial charge in [0, 0.05) is 32.2 Å². The number of aryl methyl sites for hydroxylation is 2. The quantitative estimate of drug-likeness (QED) is 0.783. The molecule has 0 unspecified atom stereocenters. The predicted octanol–water partition coefficient (Wildman–Crippen LogP) is 1.91. The summed E-state index contributed by atoms with van der Waals surface area (Å²) in [5, 5.41) is 3.03. The number of nitrogens with zero attached hydrogens (tertiary/aromatic N) is 2. The molecule has 146 valence electrons. The third kappa shape index (κ3) is 5.05. The van der Waals surface area contributed by atoms with Gasteiger partial charge in [0.25, 0.3) is 0 Å². The van der Waals surface area contributed by atoms with Crippen LogP contribution in [0.25, 0.3) is 0 Å². The summed E-state index contributed by atoms with van der Waals surface area (Å²) in [7, 11) is -3.49. The summed E-state index contributed by atoms with van der Waals surface area (Å²) in [5.74, 6) is 0.0181. The minimum absolute atomic E-state index is 0.0181. The zero-order valence-electron chi connectivity index (χ0n) is 16.3. The molecule has 1 heterocycles. The molecule has 0 bridgehead atoms. The van der Waals surface area contributed by atoms with Crippen LogP contribution in [-0.2, 0) is 14.8 Å². The molecule has 0 atom stereocenters. The first kappa shape index (κ1) is 20.9. The minimum Gasteiger partial charge on any atom is -0.352 e. The molecule has 1 aromatic rings. The molecule has 0 aliphatic carbocycles. The summed E-state index contributed by atoms with van der Waals surface area (Å²) in [6.45, 7) is 10.1. The van der Waals surface area contributed by atoms with E-state index in [1.165, 1.54) is 4.31 Å². The van der Waals surface area contributed by atoms with Crippen molar-refractivity contribution < 1.29 is 13.2 Å². The maximum Gasteiger partial charge on any atom is 0.243 e. The van der Waals surface area contributed by atoms with Crippen LogP contribution < -0.4 is 5.32 Å². The van der Waals surface area contributed by atoms with Gasteiger partial charge in [-0.2, -0.15) is 4.31 Å². The highest BCUT2D eigenvalue weighted by molar-refractivity contribution is 7.89. The van der Waals surface area contributed by atoms with Crippen molar-refractivity contribution in [2.75, 3.05) is 32.7 Å². The molecular weight excluding hydrogens is 350 g/mol. The van der Waals surface area contributed by atoms with E-state index in [4.69, 9.17) is 0 Å². The maximum atomic E-state index is 12.9. The van der Waals surface area contributed by atoms with Crippen molar-refractivity contribution in [3.05, 3.63) is 29.3 Å². The van der Waals surface area contributed by atoms with Crippen LogP contribution >= 0.6 is 0 Å². The number of hydrogen-bond acceptors (Lipinski definition) is 4. The molecule has 1 aromatic carbocycles. The summed E-state index contributed by atoms with van der Waals surface area (Å²) < 4.78 is 27.4. The highest BCUT2D eigenvalue weighted by atomic mass is 32.2. The van der Waals surface area contributed by atoms with E-state index in [0.717, 1.165) is 24.0 Å². The Kier molecular flexibility index (Phi) is 7.20. The first-order valence-corrected chi connectivity index (χ1v) is 10.8. The van der Waals surface area contributed by atoms with Gasteiger partial charge in [-0.15, -0.1) is 0 Å². The Morgan fingerprint density at radius 2 is 1.73 bits per heavy atom. The Labute approximate surface area is 157 Å². The molecular formula is C19H31N3O3S. The number of carbonyl (C=O) groups excluding carboxylic acids is 1. The van der Waals surface area contributed by atoms with Gasteiger partial charge in [0.05, 0.1) is 11.4 Å². The Bertz CT molecular complexity index is 722. The lowest BCUT2D eigenvalue weighted by atomic mass is 10.2. The van der Waals surface area contributed by atoms with Crippen LogP contribution in [0.3, 0.4) is 0 Å². The van der Waals surface area contributed by atoms with E-state index in [0.29, 0.717) is 37.6 Å². The largest absolute Gasteiger partial charge is 0.352 e. The van der Waals surface area contributed by atoms with Crippen molar-refractivity contribution in [3.63, 3.8) is 0 Å². The van der Waals surface area contributed by atoms with E-state index in [1.54, 1.807) is 6.07 Å². The first-order chi connectivity index (χ1) is 12.3. The standard InChI is InChI=1S/C19H31N3O3S/c1-5-17(6-2)20-19(23)14-21-9-11-22(12-10-21)26(24,25)18-13-15(3)7-8-16(18)4/h7-8,13,17H,5-6,9-12,14H2,1-4H3,(H,20,23). The lowest BCUT2D eigenvalue weighted by molar-refractivity contribution is -0.123. The van der Waals surface area contributed by atoms with Crippen LogP contribution in [-0.4, -0.2) is 62.3 Å². The van der Waals surface area contributed by atoms with Gasteiger partial charge in [0.2, 0.25) is 15.9 Å². The minimum atomic E-state index is -3.49. The fourth-order valence-electron chi connectivity index (χ4n) is 3.22. The second-order valence-corrected chi connectivity index (χ2v) is 8.94. The van der Waals surface area contributed by atoms with Crippen LogP contribution in [0.2, 0.25) is 0 Å². The van der Waals surface area contributed by atoms with E-state index >= 15 is 0 Å². The van der Waals surface area contributed by atoms with Crippen molar-refractivity contribution in [3.8, 4) is 0 Å². The van der Waals surface area contributed by atoms with Crippen molar-refractivity contribution in [2.45, 2.75) is 51.5 Å². The summed E-state index contributed by atoms with van der Waals surface area (Å²) in [6.07, 6.45) is 1.84. The normalized spacial score (nSPS) is 16.8. The Morgan fingerprint density at radius 3 is 2.31 bits per heavy atom. The van der Waals surface area contributed by atoms with Gasteiger partial charge >= 0.3 is 0 Å². The third-order valence-corrected chi connectivity index (χ3v) is 7.05. The smallest absolute Gasteiger partial charge is 0.243 e. The molecule has 1 aliphatic rings. The Balaban J connectivity index is 1.95. The molecule has 7 heteroatoms. The van der Waals surface area contributed by atoms with E-state index < -0.39 is 10.0 Å². The fourth-order valence-corrected chi connectivity index (χ4v) is 4.95. The number of piperazine rings is 1. The molecule has 0 radical (unpaired) electrons. The van der Waals surface area contributed by atoms with Crippen LogP contribution in [0.4, 0.5) is 0 Å². The average molecular weight is 382 g/mol. The van der Waals surface area contributed by atoms with Crippen LogP contribution in [0.1, 0.15) is 37.8 Å². The number of benzene rings is 1. The number of hydrogen-bond donors (Lipinski definition) is 1. The van der Waals surface area contributed by atoms with E-state index in [-0.39, 0.29) is 11.9 Å². The van der Waals surface area contributed by atoms with Gasteiger partial charge in [-0.3, -0.25) is 9.69 Å². The van der Waals surface area contributed by atoms with Crippen molar-refractivity contribution in [2.24, 2.45) is 0 Å². The molecule has 1 N–H and O–H groups in total. The first-order valence-electron chi connectivity index (χ1n) is 9.37. The molecule has 1 aliphatic heterocycles. The molecule has 6 nitrogen and oxygen atoms in total. The SMILES string of the molecule is CCC(CC)NC(=O)CN1CCN(S(=O)(=O)c2cc(C)ccc2C)CC1. The molecule has 2 rings (SSSR count). The fraction of sp³-hybridized carbons (Fsp3) is 0.632. The summed E-state index contributed by atoms with van der Waals surface area (Å²) in [4.78, 5) is 14.5. The summed E-state index contributed by atoms with van der Waals surface area (Å²) in [5.41, 5.74) is 1.70. The van der Waals surface area contributed by atoms with Gasteiger partial charge in [0.15, 0.2) is 0 Å². The lowest BCUT2D eigenvalue weighted by Gasteiger charge is -2.34. The van der Waals surface area contributed by atoms with Crippen LogP contribution in [0, 0.1) is 13.8 Å². The lowest BCUT2D eigenvalue weighted by Crippen LogP contribution is -2.51. The maximum absolute atomic E-state index is 12.9. The van der Waals surface area contributed by atoms with E-state index in [9.17, 15) is 13.2 Å². The zero-order valence-corrected chi connectivity index (χ0v) is 17.1. The molecule has 1 saturated heterocycles. The number of nitrogens with one attached hydrogen (secondary N) is 1. The number of carbonyl (C=O) groups is 1. The number of amides is 1. The van der Waals surface area contributed by atoms with Crippen LogP contribution in [0.5, 0.6) is 0 Å². The number of sulfonamides is 1. The predicted molar refractivity (Wildman–Crippen MR) is 104 cm³/mol. The van der Waals surface area contributed by atoms with E-state index in [1.807, 2.05) is 30.9 Å². The molecule has 26 heavy (non-hydrogen) atoms. The van der Waals surface area contributed by atoms with Gasteiger partial charge in [-0.05, 0) is 43.9 Å². The summed E-state index contributed by atoms with van der Waals surface area (Å²) >= 11 is 0. The zero-order chi connectivity index (χ0) is 19.3. The highest BCUT2D eigenvalue weighted by Gasteiger charge is 2.30. The van der Waals surface area contributed by atoms with E-state index in [2.05, 4.69) is 19.2 Å². The molecule has 0 spiro atoms. The summed E-state index contributed by atoms with van der Waals surface area (Å²) in [6, 6.07) is 5.72. The second-order valence-electron chi connectivity index (χ2n) is 7.03. The topological polar surface area (TPSA) is 69.7 Å². The number of rotatable bonds is 7. The highest BCUT2D eigenvalue weighted by Crippen LogP contribution is 2.22. The van der Waals surface area contributed by atoms with Gasteiger partial charge in [-0.25, -0.2) is 8.42 Å². The Morgan fingerprint density at radius 1 is 1.12 bits per heavy atom. The third-order valence-electron chi connectivity index (χ3n) is 5.01. The van der Waals surface area contributed by atoms with Gasteiger partial charge in [-0.1, -0.05) is 26.0 Å². The van der Waals surface area contributed by atoms with Crippen LogP contribution in [0.15, 0.2) is 23.1 Å². The van der Waals surface area contributed by atoms with Gasteiger partial charge < -0.3 is 5.32 Å². The average Bonchev–Trinajstić information content (AvgIpc) is 2.62. The molecule has 0 aromatic heterocycles. The monoisotopic (exact) mass is 381 g/mol.